The van der Waals surface area contributed by atoms with Gasteiger partial charge in [0.15, 0.2) is 0 Å². The predicted molar refractivity (Wildman–Crippen MR) is 53.8 cm³/mol. The van der Waals surface area contributed by atoms with Gasteiger partial charge in [-0.3, -0.25) is 0 Å². The molecule has 0 aliphatic carbocycles. The third kappa shape index (κ3) is 5.62. The lowest BCUT2D eigenvalue weighted by Crippen LogP contribution is -2.61. The van der Waals surface area contributed by atoms with Gasteiger partial charge in [-0.2, -0.15) is 65.9 Å². The van der Waals surface area contributed by atoms with Crippen LogP contribution in [-0.4, -0.2) is 55.2 Å². The highest BCUT2D eigenvalue weighted by Gasteiger charge is 2.81. The van der Waals surface area contributed by atoms with Crippen LogP contribution in [0, 0.1) is 0 Å². The molecule has 0 rings (SSSR count). The van der Waals surface area contributed by atoms with E-state index in [0.717, 1.165) is 0 Å². The molecule has 0 atom stereocenters. The van der Waals surface area contributed by atoms with E-state index in [9.17, 15) is 70.7 Å². The number of hydrogen-bond acceptors (Lipinski definition) is 3. The Balaban J connectivity index is 5.10. The highest BCUT2D eigenvalue weighted by atomic mass is 19.4. The summed E-state index contributed by atoms with van der Waals surface area (Å²) >= 11 is 0. The average Bonchev–Trinajstić information content (AvgIpc) is 2.40. The second-order valence-corrected chi connectivity index (χ2v) is 4.78. The Morgan fingerprint density at radius 1 is 0.679 bits per heavy atom. The number of carbonyl (C=O) groups excluding carboxylic acids is 1. The van der Waals surface area contributed by atoms with Crippen LogP contribution in [0.3, 0.4) is 0 Å². The fourth-order valence-electron chi connectivity index (χ4n) is 1.28. The van der Waals surface area contributed by atoms with Crippen LogP contribution in [0.15, 0.2) is 0 Å². The maximum Gasteiger partial charge on any atom is 0.509 e. The van der Waals surface area contributed by atoms with E-state index in [1.807, 2.05) is 0 Å². The first kappa shape index (κ1) is 26.2. The van der Waals surface area contributed by atoms with Crippen molar-refractivity contribution in [3.05, 3.63) is 0 Å². The summed E-state index contributed by atoms with van der Waals surface area (Å²) in [5.41, 5.74) is 0. The van der Waals surface area contributed by atoms with Gasteiger partial charge >= 0.3 is 42.5 Å². The molecule has 0 aliphatic rings. The lowest BCUT2D eigenvalue weighted by molar-refractivity contribution is -0.397. The molecule has 0 radical (unpaired) electrons. The van der Waals surface area contributed by atoms with Crippen molar-refractivity contribution in [2.45, 2.75) is 48.8 Å². The molecule has 0 fully saturated rings. The Kier molecular flexibility index (Phi) is 7.08. The fraction of sp³-hybridized carbons (Fsp3) is 0.900. The number of rotatable bonds is 6. The minimum absolute atomic E-state index is 2.29. The highest BCUT2D eigenvalue weighted by Crippen LogP contribution is 2.54. The first-order chi connectivity index (χ1) is 12.0. The van der Waals surface area contributed by atoms with Crippen molar-refractivity contribution < 1.29 is 80.1 Å². The van der Waals surface area contributed by atoms with Crippen LogP contribution < -0.4 is 0 Å². The first-order valence-corrected chi connectivity index (χ1v) is 6.15. The summed E-state index contributed by atoms with van der Waals surface area (Å²) in [5, 5.41) is 0. The Morgan fingerprint density at radius 3 is 1.39 bits per heavy atom. The molecule has 3 nitrogen and oxygen atoms in total. The van der Waals surface area contributed by atoms with Crippen LogP contribution >= 0.6 is 0 Å². The SMILES string of the molecule is O=C(OCCC(F)(F)C(F)(F)C(F)(F)C(F)(F)F)OC(C(F)(F)F)C(F)(F)F. The molecule has 0 bridgehead atoms. The molecule has 0 aromatic rings. The van der Waals surface area contributed by atoms with Crippen LogP contribution in [0.2, 0.25) is 0 Å². The molecule has 0 heterocycles. The van der Waals surface area contributed by atoms with Crippen LogP contribution in [-0.2, 0) is 9.47 Å². The van der Waals surface area contributed by atoms with Crippen LogP contribution in [0.4, 0.5) is 70.7 Å². The molecule has 0 aromatic carbocycles. The van der Waals surface area contributed by atoms with Gasteiger partial charge in [-0.25, -0.2) is 4.79 Å². The molecule has 0 spiro atoms. The minimum Gasteiger partial charge on any atom is -0.434 e. The summed E-state index contributed by atoms with van der Waals surface area (Å²) in [4.78, 5) is 10.6. The van der Waals surface area contributed by atoms with Gasteiger partial charge in [-0.05, 0) is 0 Å². The van der Waals surface area contributed by atoms with Crippen LogP contribution in [0.1, 0.15) is 6.42 Å². The van der Waals surface area contributed by atoms with Gasteiger partial charge < -0.3 is 9.47 Å². The zero-order valence-electron chi connectivity index (χ0n) is 12.4. The van der Waals surface area contributed by atoms with Gasteiger partial charge in [0.25, 0.3) is 6.10 Å². The molecular formula is C10H5F15O3. The number of carbonyl (C=O) groups is 1. The van der Waals surface area contributed by atoms with Crippen molar-refractivity contribution >= 4 is 6.16 Å². The Bertz CT molecular complexity index is 530. The van der Waals surface area contributed by atoms with Crippen molar-refractivity contribution in [1.82, 2.24) is 0 Å². The molecule has 0 aromatic heterocycles. The zero-order valence-corrected chi connectivity index (χ0v) is 12.4. The number of hydrogen-bond donors (Lipinski definition) is 0. The summed E-state index contributed by atoms with van der Waals surface area (Å²) in [6, 6.07) is 0. The lowest BCUT2D eigenvalue weighted by Gasteiger charge is -2.33. The molecule has 0 saturated carbocycles. The van der Waals surface area contributed by atoms with Crippen molar-refractivity contribution in [2.75, 3.05) is 6.61 Å². The molecule has 0 saturated heterocycles. The van der Waals surface area contributed by atoms with Crippen molar-refractivity contribution in [2.24, 2.45) is 0 Å². The number of alkyl halides is 15. The van der Waals surface area contributed by atoms with Crippen LogP contribution in [0.25, 0.3) is 0 Å². The largest absolute Gasteiger partial charge is 0.509 e. The Labute approximate surface area is 143 Å². The maximum absolute atomic E-state index is 13.0. The van der Waals surface area contributed by atoms with Gasteiger partial charge in [0.05, 0.1) is 6.42 Å². The highest BCUT2D eigenvalue weighted by molar-refractivity contribution is 5.60. The summed E-state index contributed by atoms with van der Waals surface area (Å²) in [6.07, 6.45) is -30.3. The second-order valence-electron chi connectivity index (χ2n) is 4.78. The molecule has 168 valence electrons. The van der Waals surface area contributed by atoms with E-state index >= 15 is 0 Å². The average molecular weight is 458 g/mol. The summed E-state index contributed by atoms with van der Waals surface area (Å²) in [6.45, 7) is -2.29. The van der Waals surface area contributed by atoms with Crippen molar-refractivity contribution in [3.63, 3.8) is 0 Å². The van der Waals surface area contributed by atoms with Crippen molar-refractivity contribution in [1.29, 1.82) is 0 Å². The minimum atomic E-state index is -7.28. The van der Waals surface area contributed by atoms with E-state index in [4.69, 9.17) is 0 Å². The molecule has 28 heavy (non-hydrogen) atoms. The first-order valence-electron chi connectivity index (χ1n) is 6.15. The monoisotopic (exact) mass is 458 g/mol. The van der Waals surface area contributed by atoms with Gasteiger partial charge in [0.2, 0.25) is 0 Å². The van der Waals surface area contributed by atoms with Crippen LogP contribution in [0.5, 0.6) is 0 Å². The molecule has 18 heteroatoms. The standard InChI is InChI=1S/C10H5F15O3/c11-5(12,8(19,20)9(21,22)10(23,24)25)1-2-27-4(26)28-3(6(13,14)15)7(16,17)18/h3H,1-2H2. The second kappa shape index (κ2) is 7.57. The maximum atomic E-state index is 13.0. The lowest BCUT2D eigenvalue weighted by atomic mass is 10.0. The summed E-state index contributed by atoms with van der Waals surface area (Å²) in [7, 11) is 0. The van der Waals surface area contributed by atoms with E-state index in [1.54, 1.807) is 0 Å². The fourth-order valence-corrected chi connectivity index (χ4v) is 1.28. The van der Waals surface area contributed by atoms with Gasteiger partial charge in [0, 0.05) is 0 Å². The van der Waals surface area contributed by atoms with Crippen molar-refractivity contribution in [3.8, 4) is 0 Å². The quantitative estimate of drug-likeness (QED) is 0.390. The Hall–Kier alpha value is -1.78. The molecule has 0 amide bonds. The van der Waals surface area contributed by atoms with E-state index in [-0.39, 0.29) is 0 Å². The van der Waals surface area contributed by atoms with Gasteiger partial charge in [-0.15, -0.1) is 0 Å². The van der Waals surface area contributed by atoms with E-state index < -0.39 is 61.6 Å². The summed E-state index contributed by atoms with van der Waals surface area (Å²) in [5.74, 6) is -20.6. The Morgan fingerprint density at radius 2 is 1.07 bits per heavy atom. The third-order valence-electron chi connectivity index (χ3n) is 2.65. The zero-order chi connectivity index (χ0) is 23.0. The van der Waals surface area contributed by atoms with E-state index in [0.29, 0.717) is 0 Å². The smallest absolute Gasteiger partial charge is 0.434 e. The molecule has 0 unspecified atom stereocenters. The van der Waals surface area contributed by atoms with E-state index in [2.05, 4.69) is 9.47 Å². The molecule has 0 N–H and O–H groups in total. The molecular weight excluding hydrogens is 453 g/mol. The normalized spacial score (nSPS) is 15.0. The molecule has 0 aliphatic heterocycles. The van der Waals surface area contributed by atoms with Gasteiger partial charge in [0.1, 0.15) is 6.61 Å². The third-order valence-corrected chi connectivity index (χ3v) is 2.65. The predicted octanol–water partition coefficient (Wildman–Crippen LogP) is 5.49. The summed E-state index contributed by atoms with van der Waals surface area (Å²) < 4.78 is 190. The van der Waals surface area contributed by atoms with E-state index in [1.165, 1.54) is 0 Å². The number of ether oxygens (including phenoxy) is 2. The number of halogens is 15. The van der Waals surface area contributed by atoms with Gasteiger partial charge in [-0.1, -0.05) is 0 Å². The topological polar surface area (TPSA) is 35.5 Å².